The fourth-order valence-electron chi connectivity index (χ4n) is 2.78. The maximum absolute atomic E-state index is 13.1. The summed E-state index contributed by atoms with van der Waals surface area (Å²) in [5, 5.41) is 9.49. The lowest BCUT2D eigenvalue weighted by atomic mass is 10.2. The first-order valence-corrected chi connectivity index (χ1v) is 9.29. The number of pyridine rings is 1. The first-order chi connectivity index (χ1) is 14.7. The molecule has 0 atom stereocenters. The van der Waals surface area contributed by atoms with Crippen molar-refractivity contribution in [2.45, 2.75) is 6.54 Å². The molecule has 0 spiro atoms. The lowest BCUT2D eigenvalue weighted by Gasteiger charge is -2.14. The number of amidine groups is 1. The average Bonchev–Trinajstić information content (AvgIpc) is 2.79. The van der Waals surface area contributed by atoms with Crippen LogP contribution in [0.3, 0.4) is 0 Å². The Balaban J connectivity index is 1.61. The van der Waals surface area contributed by atoms with Crippen molar-refractivity contribution in [1.82, 2.24) is 20.3 Å². The molecule has 0 radical (unpaired) electrons. The van der Waals surface area contributed by atoms with Crippen LogP contribution in [0.2, 0.25) is 0 Å². The quantitative estimate of drug-likeness (QED) is 0.580. The van der Waals surface area contributed by atoms with Gasteiger partial charge in [-0.1, -0.05) is 12.1 Å². The normalized spacial score (nSPS) is 12.7. The number of nitrogens with one attached hydrogen (secondary N) is 3. The molecule has 0 fully saturated rings. The maximum Gasteiger partial charge on any atom is 0.225 e. The van der Waals surface area contributed by atoms with E-state index in [1.54, 1.807) is 43.9 Å². The number of anilines is 2. The summed E-state index contributed by atoms with van der Waals surface area (Å²) in [6.45, 7) is 1.02. The highest BCUT2D eigenvalue weighted by molar-refractivity contribution is 5.97. The van der Waals surface area contributed by atoms with Gasteiger partial charge in [0, 0.05) is 42.8 Å². The van der Waals surface area contributed by atoms with Gasteiger partial charge in [0.2, 0.25) is 11.8 Å². The molecule has 3 aromatic rings. The van der Waals surface area contributed by atoms with E-state index in [9.17, 15) is 4.39 Å². The molecule has 8 nitrogen and oxygen atoms in total. The van der Waals surface area contributed by atoms with Crippen molar-refractivity contribution < 1.29 is 9.13 Å². The highest BCUT2D eigenvalue weighted by Gasteiger charge is 2.10. The molecule has 9 heteroatoms. The lowest BCUT2D eigenvalue weighted by molar-refractivity contribution is 0.398. The van der Waals surface area contributed by atoms with Crippen molar-refractivity contribution in [2.24, 2.45) is 4.99 Å². The SMILES string of the molecule is COc1ccc(-c2cc(NC3=NC=CNC3)nc(NCc3ccc(F)cc3)n2)cn1. The monoisotopic (exact) mass is 405 g/mol. The van der Waals surface area contributed by atoms with Crippen LogP contribution in [0.1, 0.15) is 5.56 Å². The average molecular weight is 405 g/mol. The minimum Gasteiger partial charge on any atom is -0.481 e. The molecular weight excluding hydrogens is 385 g/mol. The smallest absolute Gasteiger partial charge is 0.225 e. The van der Waals surface area contributed by atoms with Crippen molar-refractivity contribution in [3.05, 3.63) is 72.4 Å². The van der Waals surface area contributed by atoms with Gasteiger partial charge in [-0.05, 0) is 23.8 Å². The molecular formula is C21H20FN7O. The summed E-state index contributed by atoms with van der Waals surface area (Å²) >= 11 is 0. The third kappa shape index (κ3) is 4.88. The van der Waals surface area contributed by atoms with Gasteiger partial charge in [0.15, 0.2) is 0 Å². The highest BCUT2D eigenvalue weighted by atomic mass is 19.1. The van der Waals surface area contributed by atoms with Crippen LogP contribution in [0, 0.1) is 5.82 Å². The third-order valence-corrected chi connectivity index (χ3v) is 4.30. The van der Waals surface area contributed by atoms with E-state index in [-0.39, 0.29) is 5.82 Å². The fourth-order valence-corrected chi connectivity index (χ4v) is 2.78. The molecule has 3 heterocycles. The number of hydrogen-bond acceptors (Lipinski definition) is 8. The predicted octanol–water partition coefficient (Wildman–Crippen LogP) is 3.18. The number of ether oxygens (including phenoxy) is 1. The van der Waals surface area contributed by atoms with Gasteiger partial charge in [-0.3, -0.25) is 0 Å². The van der Waals surface area contributed by atoms with E-state index in [1.165, 1.54) is 12.1 Å². The molecule has 1 aliphatic heterocycles. The zero-order valence-corrected chi connectivity index (χ0v) is 16.3. The highest BCUT2D eigenvalue weighted by Crippen LogP contribution is 2.23. The first kappa shape index (κ1) is 19.3. The van der Waals surface area contributed by atoms with Gasteiger partial charge in [0.1, 0.15) is 17.5 Å². The van der Waals surface area contributed by atoms with Gasteiger partial charge >= 0.3 is 0 Å². The molecule has 0 aliphatic carbocycles. The molecule has 3 N–H and O–H groups in total. The Labute approximate surface area is 173 Å². The molecule has 0 amide bonds. The predicted molar refractivity (Wildman–Crippen MR) is 114 cm³/mol. The number of aromatic nitrogens is 3. The molecule has 0 bridgehead atoms. The van der Waals surface area contributed by atoms with E-state index in [0.717, 1.165) is 17.0 Å². The first-order valence-electron chi connectivity index (χ1n) is 9.29. The third-order valence-electron chi connectivity index (χ3n) is 4.30. The number of halogens is 1. The van der Waals surface area contributed by atoms with E-state index in [1.807, 2.05) is 12.1 Å². The second-order valence-electron chi connectivity index (χ2n) is 6.43. The van der Waals surface area contributed by atoms with Crippen LogP contribution < -0.4 is 20.7 Å². The van der Waals surface area contributed by atoms with E-state index in [2.05, 4.69) is 35.9 Å². The fraction of sp³-hybridized carbons (Fsp3) is 0.143. The Hall–Kier alpha value is -4.01. The van der Waals surface area contributed by atoms with Crippen molar-refractivity contribution in [3.63, 3.8) is 0 Å². The Morgan fingerprint density at radius 1 is 1.13 bits per heavy atom. The van der Waals surface area contributed by atoms with Gasteiger partial charge in [-0.2, -0.15) is 4.98 Å². The number of methoxy groups -OCH3 is 1. The lowest BCUT2D eigenvalue weighted by Crippen LogP contribution is -2.27. The van der Waals surface area contributed by atoms with Crippen molar-refractivity contribution in [3.8, 4) is 17.1 Å². The van der Waals surface area contributed by atoms with Gasteiger partial charge in [0.25, 0.3) is 0 Å². The Morgan fingerprint density at radius 3 is 2.70 bits per heavy atom. The van der Waals surface area contributed by atoms with Crippen LogP contribution in [-0.4, -0.2) is 34.4 Å². The van der Waals surface area contributed by atoms with E-state index in [4.69, 9.17) is 4.74 Å². The standard InChI is InChI=1S/C21H20FN7O/c1-30-20-7-4-15(12-25-20)17-10-18(28-19-13-23-8-9-24-19)29-21(27-17)26-11-14-2-5-16(22)6-3-14/h2-10,12,23H,11,13H2,1H3,(H2,24,26,27,28,29). The van der Waals surface area contributed by atoms with Crippen molar-refractivity contribution >= 4 is 17.6 Å². The van der Waals surface area contributed by atoms with Crippen LogP contribution in [0.25, 0.3) is 11.3 Å². The van der Waals surface area contributed by atoms with Crippen LogP contribution in [0.15, 0.2) is 66.1 Å². The summed E-state index contributed by atoms with van der Waals surface area (Å²) in [5.41, 5.74) is 2.41. The molecule has 152 valence electrons. The second kappa shape index (κ2) is 8.99. The van der Waals surface area contributed by atoms with Gasteiger partial charge in [-0.25, -0.2) is 19.4 Å². The van der Waals surface area contributed by atoms with Gasteiger partial charge < -0.3 is 20.7 Å². The Morgan fingerprint density at radius 2 is 2.00 bits per heavy atom. The van der Waals surface area contributed by atoms with Gasteiger partial charge in [0.05, 0.1) is 19.3 Å². The molecule has 4 rings (SSSR count). The summed E-state index contributed by atoms with van der Waals surface area (Å²) in [7, 11) is 1.57. The van der Waals surface area contributed by atoms with Crippen LogP contribution in [0.4, 0.5) is 16.2 Å². The largest absolute Gasteiger partial charge is 0.481 e. The number of aliphatic imine (C=N–C) groups is 1. The molecule has 30 heavy (non-hydrogen) atoms. The van der Waals surface area contributed by atoms with Crippen molar-refractivity contribution in [1.29, 1.82) is 0 Å². The zero-order chi connectivity index (χ0) is 20.8. The molecule has 1 aliphatic rings. The molecule has 0 unspecified atom stereocenters. The molecule has 0 saturated carbocycles. The summed E-state index contributed by atoms with van der Waals surface area (Å²) in [6.07, 6.45) is 5.14. The number of benzene rings is 1. The second-order valence-corrected chi connectivity index (χ2v) is 6.43. The maximum atomic E-state index is 13.1. The summed E-state index contributed by atoms with van der Waals surface area (Å²) in [5.74, 6) is 2.00. The summed E-state index contributed by atoms with van der Waals surface area (Å²) in [6, 6.07) is 11.8. The van der Waals surface area contributed by atoms with Crippen molar-refractivity contribution in [2.75, 3.05) is 24.3 Å². The minimum absolute atomic E-state index is 0.272. The van der Waals surface area contributed by atoms with Crippen LogP contribution >= 0.6 is 0 Å². The molecule has 1 aromatic carbocycles. The number of rotatable bonds is 6. The van der Waals surface area contributed by atoms with E-state index >= 15 is 0 Å². The molecule has 0 saturated heterocycles. The van der Waals surface area contributed by atoms with Crippen LogP contribution in [0.5, 0.6) is 5.88 Å². The Bertz CT molecular complexity index is 1070. The summed E-state index contributed by atoms with van der Waals surface area (Å²) in [4.78, 5) is 17.7. The van der Waals surface area contributed by atoms with E-state index < -0.39 is 0 Å². The summed E-state index contributed by atoms with van der Waals surface area (Å²) < 4.78 is 18.3. The van der Waals surface area contributed by atoms with E-state index in [0.29, 0.717) is 36.4 Å². The minimum atomic E-state index is -0.272. The van der Waals surface area contributed by atoms with Crippen LogP contribution in [-0.2, 0) is 6.54 Å². The number of hydrogen-bond donors (Lipinski definition) is 3. The molecule has 2 aromatic heterocycles. The van der Waals surface area contributed by atoms with Gasteiger partial charge in [-0.15, -0.1) is 0 Å². The Kier molecular flexibility index (Phi) is 5.79. The zero-order valence-electron chi connectivity index (χ0n) is 16.3. The number of nitrogens with zero attached hydrogens (tertiary/aromatic N) is 4. The topological polar surface area (TPSA) is 96.3 Å².